The fourth-order valence-electron chi connectivity index (χ4n) is 2.61. The van der Waals surface area contributed by atoms with Gasteiger partial charge in [0, 0.05) is 31.8 Å². The second-order valence-corrected chi connectivity index (χ2v) is 5.64. The zero-order valence-corrected chi connectivity index (χ0v) is 12.4. The molecule has 0 unspecified atom stereocenters. The minimum Gasteiger partial charge on any atom is -0.351 e. The van der Waals surface area contributed by atoms with E-state index in [1.807, 2.05) is 0 Å². The number of fused-ring (bicyclic) bond motifs is 1. The summed E-state index contributed by atoms with van der Waals surface area (Å²) in [5.41, 5.74) is -0.259. The summed E-state index contributed by atoms with van der Waals surface area (Å²) in [5, 5.41) is 6.35. The van der Waals surface area contributed by atoms with Crippen molar-refractivity contribution in [1.29, 1.82) is 0 Å². The minimum atomic E-state index is -4.43. The van der Waals surface area contributed by atoms with Crippen molar-refractivity contribution in [2.24, 2.45) is 5.92 Å². The van der Waals surface area contributed by atoms with Gasteiger partial charge in [0.1, 0.15) is 5.82 Å². The monoisotopic (exact) mass is 328 g/mol. The number of carbonyl (C=O) groups excluding carboxylic acids is 1. The average molecular weight is 328 g/mol. The largest absolute Gasteiger partial charge is 0.434 e. The van der Waals surface area contributed by atoms with Crippen LogP contribution in [0.5, 0.6) is 0 Å². The quantitative estimate of drug-likeness (QED) is 0.937. The van der Waals surface area contributed by atoms with E-state index in [0.717, 1.165) is 6.20 Å². The van der Waals surface area contributed by atoms with Crippen molar-refractivity contribution in [3.63, 3.8) is 0 Å². The Labute approximate surface area is 129 Å². The lowest BCUT2D eigenvalue weighted by atomic mass is 9.99. The predicted molar refractivity (Wildman–Crippen MR) is 72.6 cm³/mol. The van der Waals surface area contributed by atoms with Gasteiger partial charge in [0.15, 0.2) is 5.69 Å². The fourth-order valence-corrected chi connectivity index (χ4v) is 2.61. The first kappa shape index (κ1) is 15.6. The summed E-state index contributed by atoms with van der Waals surface area (Å²) in [7, 11) is 0. The Balaban J connectivity index is 1.59. The van der Waals surface area contributed by atoms with Gasteiger partial charge in [-0.3, -0.25) is 4.79 Å². The van der Waals surface area contributed by atoms with Gasteiger partial charge in [0.05, 0.1) is 5.69 Å². The third kappa shape index (κ3) is 3.38. The highest BCUT2D eigenvalue weighted by molar-refractivity contribution is 5.91. The molecule has 1 amide bonds. The number of nitrogens with zero attached hydrogens (tertiary/aromatic N) is 3. The van der Waals surface area contributed by atoms with E-state index in [9.17, 15) is 18.0 Å². The number of alkyl halides is 3. The molecule has 0 saturated heterocycles. The van der Waals surface area contributed by atoms with Crippen LogP contribution in [0.15, 0.2) is 16.8 Å². The van der Waals surface area contributed by atoms with Crippen LogP contribution in [0.25, 0.3) is 0 Å². The predicted octanol–water partition coefficient (Wildman–Crippen LogP) is 2.19. The lowest BCUT2D eigenvalue weighted by molar-refractivity contribution is -0.141. The lowest BCUT2D eigenvalue weighted by Crippen LogP contribution is -2.33. The van der Waals surface area contributed by atoms with E-state index in [1.165, 1.54) is 10.6 Å². The summed E-state index contributed by atoms with van der Waals surface area (Å²) in [6.45, 7) is 2.46. The first-order valence-electron chi connectivity index (χ1n) is 7.17. The highest BCUT2D eigenvalue weighted by atomic mass is 19.4. The van der Waals surface area contributed by atoms with Gasteiger partial charge >= 0.3 is 6.18 Å². The molecule has 124 valence electrons. The summed E-state index contributed by atoms with van der Waals surface area (Å²) < 4.78 is 44.4. The number of rotatable bonds is 3. The minimum absolute atomic E-state index is 0.0470. The highest BCUT2D eigenvalue weighted by Crippen LogP contribution is 2.30. The topological polar surface area (TPSA) is 73.0 Å². The summed E-state index contributed by atoms with van der Waals surface area (Å²) in [5.74, 6) is 0.232. The molecule has 3 rings (SSSR count). The van der Waals surface area contributed by atoms with Gasteiger partial charge in [-0.15, -0.1) is 0 Å². The molecule has 0 aliphatic carbocycles. The van der Waals surface area contributed by atoms with Crippen LogP contribution >= 0.6 is 0 Å². The molecular weight excluding hydrogens is 313 g/mol. The van der Waals surface area contributed by atoms with E-state index < -0.39 is 11.9 Å². The molecule has 6 nitrogen and oxygen atoms in total. The van der Waals surface area contributed by atoms with Crippen LogP contribution in [0.1, 0.15) is 34.2 Å². The molecule has 1 aliphatic rings. The van der Waals surface area contributed by atoms with E-state index in [-0.39, 0.29) is 17.6 Å². The number of hydrogen-bond donors (Lipinski definition) is 1. The second kappa shape index (κ2) is 5.71. The third-order valence-electron chi connectivity index (χ3n) is 3.78. The van der Waals surface area contributed by atoms with Crippen LogP contribution in [-0.2, 0) is 19.1 Å². The van der Waals surface area contributed by atoms with Crippen molar-refractivity contribution < 1.29 is 22.5 Å². The molecule has 23 heavy (non-hydrogen) atoms. The molecule has 2 aromatic rings. The molecule has 0 spiro atoms. The summed E-state index contributed by atoms with van der Waals surface area (Å²) in [6, 6.07) is 1.53. The zero-order valence-electron chi connectivity index (χ0n) is 12.4. The number of imidazole rings is 1. The summed E-state index contributed by atoms with van der Waals surface area (Å²) >= 11 is 0. The number of hydrogen-bond acceptors (Lipinski definition) is 4. The van der Waals surface area contributed by atoms with Gasteiger partial charge in [0.25, 0.3) is 5.91 Å². The second-order valence-electron chi connectivity index (χ2n) is 5.64. The molecule has 0 aromatic carbocycles. The third-order valence-corrected chi connectivity index (χ3v) is 3.78. The molecule has 0 fully saturated rings. The highest BCUT2D eigenvalue weighted by Gasteiger charge is 2.35. The number of nitrogens with one attached hydrogen (secondary N) is 1. The molecule has 1 N–H and O–H groups in total. The van der Waals surface area contributed by atoms with Crippen molar-refractivity contribution >= 4 is 5.91 Å². The summed E-state index contributed by atoms with van der Waals surface area (Å²) in [6.07, 6.45) is -2.27. The number of aromatic nitrogens is 3. The average Bonchev–Trinajstić information content (AvgIpc) is 3.09. The van der Waals surface area contributed by atoms with E-state index in [0.29, 0.717) is 37.4 Å². The summed E-state index contributed by atoms with van der Waals surface area (Å²) in [4.78, 5) is 15.5. The van der Waals surface area contributed by atoms with Gasteiger partial charge in [-0.05, 0) is 19.3 Å². The molecule has 3 heterocycles. The van der Waals surface area contributed by atoms with E-state index in [2.05, 4.69) is 15.5 Å². The van der Waals surface area contributed by atoms with Crippen molar-refractivity contribution in [2.75, 3.05) is 6.54 Å². The number of halogens is 3. The Kier molecular flexibility index (Phi) is 3.87. The Morgan fingerprint density at radius 3 is 2.96 bits per heavy atom. The molecule has 2 aromatic heterocycles. The first-order chi connectivity index (χ1) is 10.8. The molecule has 0 saturated carbocycles. The van der Waals surface area contributed by atoms with Crippen LogP contribution < -0.4 is 5.32 Å². The first-order valence-corrected chi connectivity index (χ1v) is 7.17. The Hall–Kier alpha value is -2.32. The zero-order chi connectivity index (χ0) is 16.6. The van der Waals surface area contributed by atoms with Crippen LogP contribution in [0, 0.1) is 12.8 Å². The van der Waals surface area contributed by atoms with Crippen molar-refractivity contribution in [3.05, 3.63) is 35.2 Å². The van der Waals surface area contributed by atoms with Gasteiger partial charge in [-0.1, -0.05) is 5.16 Å². The maximum Gasteiger partial charge on any atom is 0.434 e. The Morgan fingerprint density at radius 1 is 1.52 bits per heavy atom. The van der Waals surface area contributed by atoms with Crippen molar-refractivity contribution in [2.45, 2.75) is 32.5 Å². The molecule has 1 aliphatic heterocycles. The van der Waals surface area contributed by atoms with Gasteiger partial charge in [-0.25, -0.2) is 4.98 Å². The maximum atomic E-state index is 12.7. The number of aryl methyl sites for hydroxylation is 2. The lowest BCUT2D eigenvalue weighted by Gasteiger charge is -2.23. The molecule has 0 bridgehead atoms. The van der Waals surface area contributed by atoms with E-state index in [4.69, 9.17) is 4.52 Å². The van der Waals surface area contributed by atoms with Gasteiger partial charge < -0.3 is 14.4 Å². The standard InChI is InChI=1S/C14H15F3N4O2/c1-8-4-10(23-20-8)13(22)18-5-9-2-3-12-19-11(14(15,16)17)7-21(12)6-9/h4,7,9H,2-3,5-6H2,1H3,(H,18,22)/t9-/m1/s1. The van der Waals surface area contributed by atoms with Gasteiger partial charge in [-0.2, -0.15) is 13.2 Å². The maximum absolute atomic E-state index is 12.7. The van der Waals surface area contributed by atoms with E-state index in [1.54, 1.807) is 6.92 Å². The fraction of sp³-hybridized carbons (Fsp3) is 0.500. The van der Waals surface area contributed by atoms with Crippen LogP contribution in [0.2, 0.25) is 0 Å². The van der Waals surface area contributed by atoms with Crippen molar-refractivity contribution in [1.82, 2.24) is 20.0 Å². The SMILES string of the molecule is Cc1cc(C(=O)NC[C@H]2CCc3nc(C(F)(F)F)cn3C2)on1. The van der Waals surface area contributed by atoms with Crippen LogP contribution in [-0.4, -0.2) is 27.2 Å². The molecule has 1 atom stereocenters. The molecule has 0 radical (unpaired) electrons. The number of amides is 1. The molecule has 9 heteroatoms. The molecular formula is C14H15F3N4O2. The van der Waals surface area contributed by atoms with Gasteiger partial charge in [0.2, 0.25) is 5.76 Å². The number of carbonyl (C=O) groups is 1. The Morgan fingerprint density at radius 2 is 2.30 bits per heavy atom. The normalized spacial score (nSPS) is 17.8. The van der Waals surface area contributed by atoms with E-state index >= 15 is 0 Å². The smallest absolute Gasteiger partial charge is 0.351 e. The Bertz CT molecular complexity index is 720. The van der Waals surface area contributed by atoms with Crippen molar-refractivity contribution in [3.8, 4) is 0 Å². The van der Waals surface area contributed by atoms with Crippen LogP contribution in [0.3, 0.4) is 0 Å². The van der Waals surface area contributed by atoms with Crippen LogP contribution in [0.4, 0.5) is 13.2 Å².